The molecule has 0 radical (unpaired) electrons. The standard InChI is InChI=1S/C37H66N14O8S3/c1-20(2)16-26-33(57)50-27(19-62-61-18-23(38)30(54)45-17-29(53)47-24(32(56)49-26)9-6-13-44-37(41)42)22(8-5-12-43-36(39)40)35(59)51-14-7-10-28(51)34(58)48-25(11-15-60-4)31(55)46-21(3)52/h20,22-28H,5-19,38H2,1-4H3,(H,45,54)(H,47,53)(H,48,58)(H,49,56)(H,50,57)(H4,39,40,43)(H4,41,42,44)(H,46,52,55)/t22-,23-,24-,25-,26-,27+,28-/m0/s1. The van der Waals surface area contributed by atoms with Crippen molar-refractivity contribution in [3.05, 3.63) is 0 Å². The van der Waals surface area contributed by atoms with Crippen molar-refractivity contribution in [2.45, 2.75) is 108 Å². The first-order chi connectivity index (χ1) is 29.3. The van der Waals surface area contributed by atoms with E-state index in [0.29, 0.717) is 25.0 Å². The number of guanidine groups is 2. The molecule has 2 fully saturated rings. The van der Waals surface area contributed by atoms with Gasteiger partial charge in [-0.1, -0.05) is 35.4 Å². The fraction of sp³-hybridized carbons (Fsp3) is 0.730. The van der Waals surface area contributed by atoms with E-state index >= 15 is 0 Å². The molecule has 0 aliphatic carbocycles. The number of aliphatic imine (C=N–C) groups is 2. The molecule has 2 aliphatic heterocycles. The van der Waals surface area contributed by atoms with Crippen LogP contribution in [0.1, 0.15) is 72.1 Å². The number of carbonyl (C=O) groups excluding carboxylic acids is 8. The topological polar surface area (TPSA) is 367 Å². The molecular weight excluding hydrogens is 865 g/mol. The second kappa shape index (κ2) is 28.2. The fourth-order valence-electron chi connectivity index (χ4n) is 6.72. The SMILES string of the molecule is CSCC[C@H](NC(=O)[C@@H]1CCCN1C(=O)[C@@H](CCCN=C(N)N)[C@H]1CSSC[C@H](N)C(=O)NCC(=O)N[C@@H](CCCN=C(N)N)C(=O)N[C@@H](CC(C)C)C(=O)N1)C(=O)NC(C)=O. The van der Waals surface area contributed by atoms with Crippen molar-refractivity contribution in [2.24, 2.45) is 50.5 Å². The van der Waals surface area contributed by atoms with Crippen LogP contribution < -0.4 is 60.6 Å². The van der Waals surface area contributed by atoms with Gasteiger partial charge in [0.1, 0.15) is 24.2 Å². The number of rotatable bonds is 18. The average molecular weight is 931 g/mol. The van der Waals surface area contributed by atoms with Crippen molar-refractivity contribution >= 4 is 92.5 Å². The summed E-state index contributed by atoms with van der Waals surface area (Å²) >= 11 is 1.46. The van der Waals surface area contributed by atoms with Crippen LogP contribution in [-0.4, -0.2) is 150 Å². The molecule has 0 unspecified atom stereocenters. The Morgan fingerprint density at radius 2 is 1.53 bits per heavy atom. The highest BCUT2D eigenvalue weighted by Gasteiger charge is 2.42. The van der Waals surface area contributed by atoms with Gasteiger partial charge in [-0.15, -0.1) is 0 Å². The molecule has 0 bridgehead atoms. The number of amides is 8. The normalized spacial score (nSPS) is 22.7. The van der Waals surface area contributed by atoms with Gasteiger partial charge in [-0.25, -0.2) is 0 Å². The lowest BCUT2D eigenvalue weighted by atomic mass is 9.92. The lowest BCUT2D eigenvalue weighted by Gasteiger charge is -2.34. The molecule has 62 heavy (non-hydrogen) atoms. The van der Waals surface area contributed by atoms with Gasteiger partial charge in [-0.05, 0) is 69.3 Å². The molecule has 350 valence electrons. The minimum absolute atomic E-state index is 0.0877. The Bertz CT molecular complexity index is 1610. The maximum Gasteiger partial charge on any atom is 0.249 e. The van der Waals surface area contributed by atoms with Gasteiger partial charge < -0.3 is 60.2 Å². The zero-order valence-corrected chi connectivity index (χ0v) is 38.4. The summed E-state index contributed by atoms with van der Waals surface area (Å²) in [5.74, 6) is -5.32. The van der Waals surface area contributed by atoms with Crippen molar-refractivity contribution < 1.29 is 38.4 Å². The summed E-state index contributed by atoms with van der Waals surface area (Å²) < 4.78 is 0. The van der Waals surface area contributed by atoms with Gasteiger partial charge >= 0.3 is 0 Å². The van der Waals surface area contributed by atoms with E-state index in [-0.39, 0.29) is 81.1 Å². The Hall–Kier alpha value is -4.49. The first-order valence-corrected chi connectivity index (χ1v) is 24.4. The smallest absolute Gasteiger partial charge is 0.249 e. The van der Waals surface area contributed by atoms with E-state index in [1.807, 2.05) is 20.1 Å². The molecule has 2 heterocycles. The summed E-state index contributed by atoms with van der Waals surface area (Å²) in [5.41, 5.74) is 28.2. The first-order valence-electron chi connectivity index (χ1n) is 20.5. The molecule has 22 nitrogen and oxygen atoms in total. The van der Waals surface area contributed by atoms with Crippen molar-refractivity contribution in [2.75, 3.05) is 49.7 Å². The average Bonchev–Trinajstić information content (AvgIpc) is 3.69. The van der Waals surface area contributed by atoms with E-state index in [9.17, 15) is 38.4 Å². The highest BCUT2D eigenvalue weighted by molar-refractivity contribution is 8.76. The number of nitrogens with two attached hydrogens (primary N) is 5. The quantitative estimate of drug-likeness (QED) is 0.0281. The number of hydrogen-bond acceptors (Lipinski definition) is 14. The zero-order valence-electron chi connectivity index (χ0n) is 35.9. The van der Waals surface area contributed by atoms with Crippen molar-refractivity contribution in [3.8, 4) is 0 Å². The van der Waals surface area contributed by atoms with Crippen molar-refractivity contribution in [1.29, 1.82) is 0 Å². The summed E-state index contributed by atoms with van der Waals surface area (Å²) in [6.07, 6.45) is 3.91. The number of thioether (sulfide) groups is 1. The van der Waals surface area contributed by atoms with E-state index < -0.39 is 96.0 Å². The fourth-order valence-corrected chi connectivity index (χ4v) is 9.60. The zero-order chi connectivity index (χ0) is 46.4. The number of carbonyl (C=O) groups is 8. The Morgan fingerprint density at radius 3 is 2.16 bits per heavy atom. The van der Waals surface area contributed by atoms with E-state index in [1.165, 1.54) is 45.2 Å². The van der Waals surface area contributed by atoms with E-state index in [1.54, 1.807) is 0 Å². The van der Waals surface area contributed by atoms with Crippen LogP contribution in [0.3, 0.4) is 0 Å². The van der Waals surface area contributed by atoms with E-state index in [0.717, 1.165) is 0 Å². The second-order valence-electron chi connectivity index (χ2n) is 15.4. The second-order valence-corrected chi connectivity index (χ2v) is 18.9. The van der Waals surface area contributed by atoms with Gasteiger partial charge in [0, 0.05) is 38.1 Å². The molecule has 0 saturated carbocycles. The molecule has 2 rings (SSSR count). The van der Waals surface area contributed by atoms with Crippen LogP contribution >= 0.6 is 33.3 Å². The van der Waals surface area contributed by atoms with Crippen LogP contribution in [0, 0.1) is 11.8 Å². The van der Waals surface area contributed by atoms with Crippen LogP contribution in [0.15, 0.2) is 9.98 Å². The highest BCUT2D eigenvalue weighted by atomic mass is 33.1. The molecule has 2 aliphatic rings. The molecule has 7 atom stereocenters. The number of nitrogens with zero attached hydrogens (tertiary/aromatic N) is 3. The number of nitrogens with one attached hydrogen (secondary N) is 6. The largest absolute Gasteiger partial charge is 0.370 e. The Labute approximate surface area is 374 Å². The molecule has 25 heteroatoms. The molecule has 0 spiro atoms. The predicted molar refractivity (Wildman–Crippen MR) is 243 cm³/mol. The van der Waals surface area contributed by atoms with Gasteiger partial charge in [0.15, 0.2) is 11.9 Å². The molecular formula is C37H66N14O8S3. The maximum absolute atomic E-state index is 14.8. The van der Waals surface area contributed by atoms with Crippen molar-refractivity contribution in [1.82, 2.24) is 36.8 Å². The molecule has 0 aromatic carbocycles. The number of imide groups is 1. The van der Waals surface area contributed by atoms with Crippen LogP contribution in [0.2, 0.25) is 0 Å². The van der Waals surface area contributed by atoms with Crippen LogP contribution in [0.5, 0.6) is 0 Å². The highest BCUT2D eigenvalue weighted by Crippen LogP contribution is 2.30. The minimum Gasteiger partial charge on any atom is -0.370 e. The van der Waals surface area contributed by atoms with Gasteiger partial charge in [-0.2, -0.15) is 11.8 Å². The molecule has 0 aromatic heterocycles. The van der Waals surface area contributed by atoms with Crippen LogP contribution in [-0.2, 0) is 38.4 Å². The summed E-state index contributed by atoms with van der Waals surface area (Å²) in [4.78, 5) is 117. The monoisotopic (exact) mass is 930 g/mol. The lowest BCUT2D eigenvalue weighted by molar-refractivity contribution is -0.143. The van der Waals surface area contributed by atoms with E-state index in [4.69, 9.17) is 28.7 Å². The predicted octanol–water partition coefficient (Wildman–Crippen LogP) is -3.06. The molecule has 16 N–H and O–H groups in total. The Balaban J connectivity index is 2.57. The van der Waals surface area contributed by atoms with Gasteiger partial charge in [0.05, 0.1) is 24.5 Å². The molecule has 2 saturated heterocycles. The third kappa shape index (κ3) is 19.7. The van der Waals surface area contributed by atoms with Gasteiger partial charge in [-0.3, -0.25) is 53.7 Å². The maximum atomic E-state index is 14.8. The lowest BCUT2D eigenvalue weighted by Crippen LogP contribution is -2.59. The van der Waals surface area contributed by atoms with Crippen molar-refractivity contribution in [3.63, 3.8) is 0 Å². The summed E-state index contributed by atoms with van der Waals surface area (Å²) in [5, 5.41) is 15.9. The molecule has 0 aromatic rings. The summed E-state index contributed by atoms with van der Waals surface area (Å²) in [6, 6.07) is -6.15. The Morgan fingerprint density at radius 1 is 0.887 bits per heavy atom. The Kier molecular flexibility index (Phi) is 24.4. The van der Waals surface area contributed by atoms with Gasteiger partial charge in [0.25, 0.3) is 0 Å². The van der Waals surface area contributed by atoms with Crippen LogP contribution in [0.25, 0.3) is 0 Å². The van der Waals surface area contributed by atoms with Gasteiger partial charge in [0.2, 0.25) is 47.3 Å². The molecule has 8 amide bonds. The van der Waals surface area contributed by atoms with E-state index in [2.05, 4.69) is 41.9 Å². The summed E-state index contributed by atoms with van der Waals surface area (Å²) in [6.45, 7) is 5.01. The summed E-state index contributed by atoms with van der Waals surface area (Å²) in [7, 11) is 2.49. The number of hydrogen-bond donors (Lipinski definition) is 11. The first kappa shape index (κ1) is 53.6. The third-order valence-electron chi connectivity index (χ3n) is 9.76. The third-order valence-corrected chi connectivity index (χ3v) is 12.9. The van der Waals surface area contributed by atoms with Crippen LogP contribution in [0.4, 0.5) is 0 Å². The number of likely N-dealkylation sites (tertiary alicyclic amines) is 1. The minimum atomic E-state index is -1.14.